The molecule has 0 atom stereocenters. The standard InChI is InChI=1S/C17H25F3N2O2/c1-11(2)10-21-14-9-13(8-6-7-12(14)3)22-15(23)24-16(4,5)17(18,19)20/h7-9,11,21H,6,10H2,1-5H3,(H,22,23). The van der Waals surface area contributed by atoms with Gasteiger partial charge in [-0.3, -0.25) is 5.32 Å². The summed E-state index contributed by atoms with van der Waals surface area (Å²) >= 11 is 0. The van der Waals surface area contributed by atoms with Gasteiger partial charge >= 0.3 is 12.3 Å². The van der Waals surface area contributed by atoms with Gasteiger partial charge in [0.05, 0.1) is 0 Å². The Labute approximate surface area is 140 Å². The molecule has 0 fully saturated rings. The maximum Gasteiger partial charge on any atom is 0.427 e. The third-order valence-electron chi connectivity index (χ3n) is 3.46. The molecule has 1 amide bonds. The van der Waals surface area contributed by atoms with Crippen LogP contribution in [0.5, 0.6) is 0 Å². The second kappa shape index (κ2) is 7.77. The largest absolute Gasteiger partial charge is 0.434 e. The van der Waals surface area contributed by atoms with Crippen LogP contribution in [0.1, 0.15) is 41.0 Å². The lowest BCUT2D eigenvalue weighted by Gasteiger charge is -2.27. The number of alkyl halides is 3. The van der Waals surface area contributed by atoms with Crippen molar-refractivity contribution in [1.29, 1.82) is 0 Å². The lowest BCUT2D eigenvalue weighted by molar-refractivity contribution is -0.243. The summed E-state index contributed by atoms with van der Waals surface area (Å²) < 4.78 is 42.9. The molecular formula is C17H25F3N2O2. The first-order valence-electron chi connectivity index (χ1n) is 7.82. The number of carbonyl (C=O) groups excluding carboxylic acids is 1. The van der Waals surface area contributed by atoms with Crippen molar-refractivity contribution in [2.75, 3.05) is 6.54 Å². The summed E-state index contributed by atoms with van der Waals surface area (Å²) in [5, 5.41) is 5.64. The second-order valence-corrected chi connectivity index (χ2v) is 6.64. The summed E-state index contributed by atoms with van der Waals surface area (Å²) in [5.41, 5.74) is -0.327. The van der Waals surface area contributed by atoms with Gasteiger partial charge in [-0.2, -0.15) is 13.2 Å². The van der Waals surface area contributed by atoms with Crippen LogP contribution in [0.4, 0.5) is 18.0 Å². The minimum atomic E-state index is -4.64. The maximum absolute atomic E-state index is 12.8. The molecule has 136 valence electrons. The van der Waals surface area contributed by atoms with E-state index in [0.29, 0.717) is 18.0 Å². The highest BCUT2D eigenvalue weighted by Gasteiger charge is 2.50. The molecule has 0 radical (unpaired) electrons. The van der Waals surface area contributed by atoms with Gasteiger partial charge in [0, 0.05) is 17.9 Å². The van der Waals surface area contributed by atoms with Crippen LogP contribution in [0.25, 0.3) is 0 Å². The third-order valence-corrected chi connectivity index (χ3v) is 3.46. The molecule has 0 aliphatic heterocycles. The van der Waals surface area contributed by atoms with Crippen LogP contribution in [0.3, 0.4) is 0 Å². The minimum absolute atomic E-state index is 0.400. The van der Waals surface area contributed by atoms with Crippen LogP contribution in [-0.4, -0.2) is 24.4 Å². The first kappa shape index (κ1) is 20.1. The molecule has 0 saturated carbocycles. The van der Waals surface area contributed by atoms with E-state index in [4.69, 9.17) is 0 Å². The van der Waals surface area contributed by atoms with E-state index in [9.17, 15) is 18.0 Å². The SMILES string of the molecule is CC1=CCC=C(NC(=O)OC(C)(C)C(F)(F)F)C=C1NCC(C)C. The van der Waals surface area contributed by atoms with Gasteiger partial charge < -0.3 is 10.1 Å². The predicted molar refractivity (Wildman–Crippen MR) is 87.1 cm³/mol. The number of carbonyl (C=O) groups is 1. The second-order valence-electron chi connectivity index (χ2n) is 6.64. The number of ether oxygens (including phenoxy) is 1. The van der Waals surface area contributed by atoms with E-state index in [1.165, 1.54) is 0 Å². The van der Waals surface area contributed by atoms with Crippen LogP contribution in [-0.2, 0) is 4.74 Å². The number of allylic oxidation sites excluding steroid dienone is 4. The van der Waals surface area contributed by atoms with E-state index < -0.39 is 17.9 Å². The quantitative estimate of drug-likeness (QED) is 0.775. The fourth-order valence-corrected chi connectivity index (χ4v) is 1.83. The lowest BCUT2D eigenvalue weighted by Crippen LogP contribution is -2.45. The van der Waals surface area contributed by atoms with Gasteiger partial charge in [-0.1, -0.05) is 26.0 Å². The number of halogens is 3. The van der Waals surface area contributed by atoms with Gasteiger partial charge in [-0.15, -0.1) is 0 Å². The monoisotopic (exact) mass is 346 g/mol. The normalized spacial score (nSPS) is 16.0. The van der Waals surface area contributed by atoms with E-state index in [0.717, 1.165) is 31.7 Å². The summed E-state index contributed by atoms with van der Waals surface area (Å²) in [6.07, 6.45) is 0.174. The Bertz CT molecular complexity index is 559. The minimum Gasteiger partial charge on any atom is -0.434 e. The van der Waals surface area contributed by atoms with Crippen molar-refractivity contribution in [2.45, 2.75) is 52.8 Å². The summed E-state index contributed by atoms with van der Waals surface area (Å²) in [4.78, 5) is 11.8. The van der Waals surface area contributed by atoms with Crippen LogP contribution in [0.2, 0.25) is 0 Å². The Morgan fingerprint density at radius 2 is 1.92 bits per heavy atom. The smallest absolute Gasteiger partial charge is 0.427 e. The van der Waals surface area contributed by atoms with Crippen LogP contribution in [0.15, 0.2) is 35.2 Å². The molecule has 2 N–H and O–H groups in total. The van der Waals surface area contributed by atoms with Crippen molar-refractivity contribution >= 4 is 6.09 Å². The molecule has 0 unspecified atom stereocenters. The zero-order chi connectivity index (χ0) is 18.5. The Kier molecular flexibility index (Phi) is 6.51. The van der Waals surface area contributed by atoms with Crippen molar-refractivity contribution < 1.29 is 22.7 Å². The van der Waals surface area contributed by atoms with Crippen LogP contribution < -0.4 is 10.6 Å². The predicted octanol–water partition coefficient (Wildman–Crippen LogP) is 4.42. The number of hydrogen-bond acceptors (Lipinski definition) is 3. The highest BCUT2D eigenvalue weighted by molar-refractivity contribution is 5.71. The fraction of sp³-hybridized carbons (Fsp3) is 0.588. The van der Waals surface area contributed by atoms with E-state index in [1.807, 2.05) is 13.0 Å². The van der Waals surface area contributed by atoms with Gasteiger partial charge in [-0.05, 0) is 44.8 Å². The summed E-state index contributed by atoms with van der Waals surface area (Å²) in [5.74, 6) is 0.430. The Hall–Kier alpha value is -1.92. The van der Waals surface area contributed by atoms with Gasteiger partial charge in [0.15, 0.2) is 0 Å². The molecule has 0 saturated heterocycles. The molecular weight excluding hydrogens is 321 g/mol. The summed E-state index contributed by atoms with van der Waals surface area (Å²) in [7, 11) is 0. The lowest BCUT2D eigenvalue weighted by atomic mass is 10.1. The molecule has 24 heavy (non-hydrogen) atoms. The van der Waals surface area contributed by atoms with Crippen molar-refractivity contribution in [3.05, 3.63) is 35.2 Å². The average molecular weight is 346 g/mol. The average Bonchev–Trinajstić information content (AvgIpc) is 2.56. The molecule has 1 rings (SSSR count). The van der Waals surface area contributed by atoms with Crippen molar-refractivity contribution in [2.24, 2.45) is 5.92 Å². The Morgan fingerprint density at radius 1 is 1.29 bits per heavy atom. The van der Waals surface area contributed by atoms with Crippen molar-refractivity contribution in [1.82, 2.24) is 10.6 Å². The summed E-state index contributed by atoms with van der Waals surface area (Å²) in [6.45, 7) is 8.43. The zero-order valence-electron chi connectivity index (χ0n) is 14.7. The maximum atomic E-state index is 12.8. The molecule has 0 bridgehead atoms. The van der Waals surface area contributed by atoms with Gasteiger partial charge in [0.2, 0.25) is 5.60 Å². The van der Waals surface area contributed by atoms with Gasteiger partial charge in [-0.25, -0.2) is 4.79 Å². The first-order valence-corrected chi connectivity index (χ1v) is 7.82. The fourth-order valence-electron chi connectivity index (χ4n) is 1.83. The van der Waals surface area contributed by atoms with Gasteiger partial charge in [0.25, 0.3) is 0 Å². The molecule has 0 aromatic rings. The molecule has 1 aliphatic rings. The first-order chi connectivity index (χ1) is 10.9. The third kappa shape index (κ3) is 5.94. The van der Waals surface area contributed by atoms with E-state index in [1.54, 1.807) is 12.2 Å². The van der Waals surface area contributed by atoms with Crippen LogP contribution >= 0.6 is 0 Å². The summed E-state index contributed by atoms with van der Waals surface area (Å²) in [6, 6.07) is 0. The number of amides is 1. The number of nitrogens with one attached hydrogen (secondary N) is 2. The molecule has 0 spiro atoms. The van der Waals surface area contributed by atoms with E-state index >= 15 is 0 Å². The molecule has 4 nitrogen and oxygen atoms in total. The number of rotatable bonds is 5. The highest BCUT2D eigenvalue weighted by atomic mass is 19.4. The zero-order valence-corrected chi connectivity index (χ0v) is 14.7. The molecule has 1 aliphatic carbocycles. The Balaban J connectivity index is 2.79. The number of hydrogen-bond donors (Lipinski definition) is 2. The van der Waals surface area contributed by atoms with E-state index in [-0.39, 0.29) is 0 Å². The topological polar surface area (TPSA) is 50.4 Å². The molecule has 0 heterocycles. The molecule has 0 aromatic heterocycles. The van der Waals surface area contributed by atoms with Crippen molar-refractivity contribution in [3.8, 4) is 0 Å². The van der Waals surface area contributed by atoms with Crippen molar-refractivity contribution in [3.63, 3.8) is 0 Å². The Morgan fingerprint density at radius 3 is 2.46 bits per heavy atom. The van der Waals surface area contributed by atoms with Gasteiger partial charge in [0.1, 0.15) is 0 Å². The number of alkyl carbamates (subject to hydrolysis) is 1. The van der Waals surface area contributed by atoms with Crippen LogP contribution in [0, 0.1) is 5.92 Å². The highest BCUT2D eigenvalue weighted by Crippen LogP contribution is 2.32. The van der Waals surface area contributed by atoms with E-state index in [2.05, 4.69) is 29.2 Å². The molecule has 7 heteroatoms. The molecule has 0 aromatic carbocycles.